The zero-order chi connectivity index (χ0) is 13.8. The van der Waals surface area contributed by atoms with Gasteiger partial charge in [0.25, 0.3) is 0 Å². The fraction of sp³-hybridized carbons (Fsp3) is 0.0625. The highest BCUT2D eigenvalue weighted by atomic mass is 14.9. The summed E-state index contributed by atoms with van der Waals surface area (Å²) < 4.78 is 0. The van der Waals surface area contributed by atoms with E-state index in [1.807, 2.05) is 49.5 Å². The van der Waals surface area contributed by atoms with Crippen LogP contribution in [0.4, 0.5) is 5.69 Å². The Labute approximate surface area is 117 Å². The number of pyridine rings is 1. The molecule has 2 heterocycles. The minimum atomic E-state index is 0.724. The first-order chi connectivity index (χ1) is 9.86. The Morgan fingerprint density at radius 1 is 0.800 bits per heavy atom. The Morgan fingerprint density at radius 3 is 2.25 bits per heavy atom. The van der Waals surface area contributed by atoms with E-state index < -0.39 is 0 Å². The van der Waals surface area contributed by atoms with Crippen molar-refractivity contribution in [3.63, 3.8) is 0 Å². The molecule has 0 bridgehead atoms. The lowest BCUT2D eigenvalue weighted by molar-refractivity contribution is 1.18. The van der Waals surface area contributed by atoms with Crippen LogP contribution in [0.5, 0.6) is 0 Å². The van der Waals surface area contributed by atoms with Crippen LogP contribution in [0.3, 0.4) is 0 Å². The molecule has 0 fully saturated rings. The Balaban J connectivity index is 1.98. The Bertz CT molecular complexity index is 693. The van der Waals surface area contributed by atoms with Gasteiger partial charge in [0.15, 0.2) is 5.82 Å². The number of benzene rings is 1. The molecule has 0 atom stereocenters. The Kier molecular flexibility index (Phi) is 3.37. The van der Waals surface area contributed by atoms with Crippen molar-refractivity contribution >= 4 is 5.69 Å². The maximum atomic E-state index is 4.61. The van der Waals surface area contributed by atoms with Crippen LogP contribution in [0, 0.1) is 0 Å². The average molecular weight is 262 g/mol. The summed E-state index contributed by atoms with van der Waals surface area (Å²) in [6.07, 6.45) is 5.31. The van der Waals surface area contributed by atoms with E-state index in [0.717, 1.165) is 28.3 Å². The van der Waals surface area contributed by atoms with E-state index >= 15 is 0 Å². The van der Waals surface area contributed by atoms with Crippen molar-refractivity contribution < 1.29 is 0 Å². The van der Waals surface area contributed by atoms with Gasteiger partial charge in [0.1, 0.15) is 0 Å². The topological polar surface area (TPSA) is 50.7 Å². The molecule has 0 aliphatic carbocycles. The van der Waals surface area contributed by atoms with Crippen molar-refractivity contribution in [2.45, 2.75) is 0 Å². The average Bonchev–Trinajstić information content (AvgIpc) is 2.56. The van der Waals surface area contributed by atoms with Gasteiger partial charge in [-0.05, 0) is 42.5 Å². The van der Waals surface area contributed by atoms with Crippen molar-refractivity contribution in [1.82, 2.24) is 15.0 Å². The number of anilines is 1. The summed E-state index contributed by atoms with van der Waals surface area (Å²) in [4.78, 5) is 13.0. The summed E-state index contributed by atoms with van der Waals surface area (Å²) in [5, 5.41) is 3.10. The second-order valence-electron chi connectivity index (χ2n) is 4.33. The minimum absolute atomic E-state index is 0.724. The molecule has 0 saturated carbocycles. The first-order valence-corrected chi connectivity index (χ1v) is 6.38. The van der Waals surface area contributed by atoms with Gasteiger partial charge in [-0.15, -0.1) is 0 Å². The van der Waals surface area contributed by atoms with Crippen LogP contribution in [0.1, 0.15) is 0 Å². The molecule has 20 heavy (non-hydrogen) atoms. The highest BCUT2D eigenvalue weighted by molar-refractivity contribution is 5.64. The first-order valence-electron chi connectivity index (χ1n) is 6.38. The summed E-state index contributed by atoms with van der Waals surface area (Å²) in [5.74, 6) is 0.724. The third kappa shape index (κ3) is 2.49. The quantitative estimate of drug-likeness (QED) is 0.787. The van der Waals surface area contributed by atoms with Gasteiger partial charge in [0, 0.05) is 42.5 Å². The van der Waals surface area contributed by atoms with Crippen LogP contribution >= 0.6 is 0 Å². The summed E-state index contributed by atoms with van der Waals surface area (Å²) >= 11 is 0. The van der Waals surface area contributed by atoms with Crippen molar-refractivity contribution in [2.24, 2.45) is 0 Å². The van der Waals surface area contributed by atoms with Gasteiger partial charge in [-0.3, -0.25) is 4.98 Å². The van der Waals surface area contributed by atoms with E-state index in [2.05, 4.69) is 20.3 Å². The number of nitrogens with one attached hydrogen (secondary N) is 1. The molecule has 0 spiro atoms. The van der Waals surface area contributed by atoms with Gasteiger partial charge < -0.3 is 5.32 Å². The lowest BCUT2D eigenvalue weighted by Gasteiger charge is -2.05. The Morgan fingerprint density at radius 2 is 1.55 bits per heavy atom. The van der Waals surface area contributed by atoms with Gasteiger partial charge in [-0.2, -0.15) is 0 Å². The van der Waals surface area contributed by atoms with E-state index in [1.54, 1.807) is 18.6 Å². The molecule has 3 rings (SSSR count). The van der Waals surface area contributed by atoms with E-state index in [9.17, 15) is 0 Å². The second-order valence-corrected chi connectivity index (χ2v) is 4.33. The smallest absolute Gasteiger partial charge is 0.159 e. The molecule has 4 nitrogen and oxygen atoms in total. The second kappa shape index (κ2) is 5.48. The number of aromatic nitrogens is 3. The highest BCUT2D eigenvalue weighted by Gasteiger charge is 2.04. The maximum Gasteiger partial charge on any atom is 0.159 e. The molecule has 1 aromatic carbocycles. The molecule has 2 aromatic heterocycles. The van der Waals surface area contributed by atoms with Crippen molar-refractivity contribution in [1.29, 1.82) is 0 Å². The zero-order valence-electron chi connectivity index (χ0n) is 11.1. The molecule has 0 saturated heterocycles. The molecule has 1 N–H and O–H groups in total. The number of rotatable bonds is 3. The van der Waals surface area contributed by atoms with Gasteiger partial charge in [0.05, 0.1) is 5.69 Å². The van der Waals surface area contributed by atoms with Crippen LogP contribution in [0.25, 0.3) is 22.6 Å². The summed E-state index contributed by atoms with van der Waals surface area (Å²) in [6, 6.07) is 13.8. The number of nitrogens with zero attached hydrogens (tertiary/aromatic N) is 3. The molecular formula is C16H14N4. The van der Waals surface area contributed by atoms with Gasteiger partial charge in [-0.1, -0.05) is 0 Å². The van der Waals surface area contributed by atoms with Crippen molar-refractivity contribution in [3.8, 4) is 22.6 Å². The molecule has 0 aliphatic heterocycles. The lowest BCUT2D eigenvalue weighted by atomic mass is 10.1. The third-order valence-corrected chi connectivity index (χ3v) is 3.06. The zero-order valence-corrected chi connectivity index (χ0v) is 11.1. The van der Waals surface area contributed by atoms with Crippen LogP contribution < -0.4 is 5.32 Å². The third-order valence-electron chi connectivity index (χ3n) is 3.06. The maximum absolute atomic E-state index is 4.61. The van der Waals surface area contributed by atoms with Gasteiger partial charge in [-0.25, -0.2) is 9.97 Å². The Hall–Kier alpha value is -2.75. The fourth-order valence-corrected chi connectivity index (χ4v) is 1.97. The van der Waals surface area contributed by atoms with Gasteiger partial charge >= 0.3 is 0 Å². The first kappa shape index (κ1) is 12.3. The van der Waals surface area contributed by atoms with E-state index in [0.29, 0.717) is 0 Å². The fourth-order valence-electron chi connectivity index (χ4n) is 1.97. The number of hydrogen-bond donors (Lipinski definition) is 1. The van der Waals surface area contributed by atoms with Crippen molar-refractivity contribution in [2.75, 3.05) is 12.4 Å². The van der Waals surface area contributed by atoms with E-state index in [1.165, 1.54) is 0 Å². The standard InChI is InChI=1S/C16H14N4/c1-17-14-4-2-13(3-5-14)16-19-11-8-15(20-16)12-6-9-18-10-7-12/h2-11,17H,1H3. The minimum Gasteiger partial charge on any atom is -0.388 e. The van der Waals surface area contributed by atoms with E-state index in [4.69, 9.17) is 0 Å². The highest BCUT2D eigenvalue weighted by Crippen LogP contribution is 2.21. The molecule has 0 unspecified atom stereocenters. The molecule has 3 aromatic rings. The predicted octanol–water partition coefficient (Wildman–Crippen LogP) is 3.25. The van der Waals surface area contributed by atoms with Crippen LogP contribution in [0.15, 0.2) is 61.1 Å². The normalized spacial score (nSPS) is 10.2. The molecule has 0 amide bonds. The summed E-state index contributed by atoms with van der Waals surface area (Å²) in [7, 11) is 1.90. The summed E-state index contributed by atoms with van der Waals surface area (Å²) in [5.41, 5.74) is 4.00. The SMILES string of the molecule is CNc1ccc(-c2nccc(-c3ccncc3)n2)cc1. The number of hydrogen-bond acceptors (Lipinski definition) is 4. The largest absolute Gasteiger partial charge is 0.388 e. The van der Waals surface area contributed by atoms with Crippen LogP contribution in [-0.4, -0.2) is 22.0 Å². The lowest BCUT2D eigenvalue weighted by Crippen LogP contribution is -1.92. The van der Waals surface area contributed by atoms with E-state index in [-0.39, 0.29) is 0 Å². The van der Waals surface area contributed by atoms with Crippen molar-refractivity contribution in [3.05, 3.63) is 61.1 Å². The molecule has 98 valence electrons. The van der Waals surface area contributed by atoms with Crippen LogP contribution in [-0.2, 0) is 0 Å². The van der Waals surface area contributed by atoms with Gasteiger partial charge in [0.2, 0.25) is 0 Å². The predicted molar refractivity (Wildman–Crippen MR) is 80.2 cm³/mol. The monoisotopic (exact) mass is 262 g/mol. The summed E-state index contributed by atoms with van der Waals surface area (Å²) in [6.45, 7) is 0. The molecule has 0 radical (unpaired) electrons. The van der Waals surface area contributed by atoms with Crippen LogP contribution in [0.2, 0.25) is 0 Å². The molecular weight excluding hydrogens is 248 g/mol. The molecule has 4 heteroatoms. The molecule has 0 aliphatic rings.